The maximum Gasteiger partial charge on any atom is 0.128 e. The Labute approximate surface area is 95.1 Å². The lowest BCUT2D eigenvalue weighted by Gasteiger charge is -2.13. The van der Waals surface area contributed by atoms with E-state index in [1.54, 1.807) is 0 Å². The average molecular weight is 223 g/mol. The molecule has 4 heteroatoms. The first-order valence-corrected chi connectivity index (χ1v) is 6.44. The minimum absolute atomic E-state index is 0.483. The molecule has 1 fully saturated rings. The number of rotatable bonds is 5. The second kappa shape index (κ2) is 4.31. The molecule has 0 aliphatic heterocycles. The van der Waals surface area contributed by atoms with Crippen LogP contribution in [-0.4, -0.2) is 29.6 Å². The Hall–Kier alpha value is -0.900. The van der Waals surface area contributed by atoms with Crippen LogP contribution >= 0.6 is 11.8 Å². The van der Waals surface area contributed by atoms with E-state index in [4.69, 9.17) is 0 Å². The van der Waals surface area contributed by atoms with Crippen molar-refractivity contribution in [1.82, 2.24) is 4.98 Å². The Bertz CT molecular complexity index is 336. The van der Waals surface area contributed by atoms with Gasteiger partial charge in [-0.2, -0.15) is 11.8 Å². The van der Waals surface area contributed by atoms with Crippen molar-refractivity contribution in [3.05, 3.63) is 18.2 Å². The fourth-order valence-electron chi connectivity index (χ4n) is 1.52. The first-order chi connectivity index (χ1) is 7.28. The molecule has 2 N–H and O–H groups in total. The maximum absolute atomic E-state index is 4.42. The Morgan fingerprint density at radius 2 is 2.13 bits per heavy atom. The van der Waals surface area contributed by atoms with Crippen LogP contribution in [0.25, 0.3) is 0 Å². The third-order valence-corrected chi connectivity index (χ3v) is 4.26. The Balaban J connectivity index is 1.93. The van der Waals surface area contributed by atoms with Crippen molar-refractivity contribution >= 4 is 23.4 Å². The molecule has 0 saturated heterocycles. The second-order valence-corrected chi connectivity index (χ2v) is 5.17. The molecule has 1 aliphatic carbocycles. The highest BCUT2D eigenvalue weighted by Crippen LogP contribution is 2.46. The summed E-state index contributed by atoms with van der Waals surface area (Å²) in [5, 5.41) is 6.44. The molecular formula is C11H17N3S. The molecule has 0 unspecified atom stereocenters. The fraction of sp³-hybridized carbons (Fsp3) is 0.545. The van der Waals surface area contributed by atoms with Gasteiger partial charge >= 0.3 is 0 Å². The summed E-state index contributed by atoms with van der Waals surface area (Å²) < 4.78 is 0.483. The van der Waals surface area contributed by atoms with Gasteiger partial charge in [0.25, 0.3) is 0 Å². The Morgan fingerprint density at radius 3 is 2.73 bits per heavy atom. The average Bonchev–Trinajstić information content (AvgIpc) is 3.07. The largest absolute Gasteiger partial charge is 0.373 e. The van der Waals surface area contributed by atoms with E-state index < -0.39 is 0 Å². The molecule has 1 aromatic heterocycles. The smallest absolute Gasteiger partial charge is 0.128 e. The van der Waals surface area contributed by atoms with Gasteiger partial charge in [0.1, 0.15) is 11.6 Å². The van der Waals surface area contributed by atoms with Crippen LogP contribution in [-0.2, 0) is 0 Å². The van der Waals surface area contributed by atoms with Crippen molar-refractivity contribution in [1.29, 1.82) is 0 Å². The number of anilines is 2. The highest BCUT2D eigenvalue weighted by molar-refractivity contribution is 8.00. The van der Waals surface area contributed by atoms with Crippen LogP contribution in [0.15, 0.2) is 18.2 Å². The third kappa shape index (κ3) is 2.56. The molecule has 2 rings (SSSR count). The van der Waals surface area contributed by atoms with E-state index in [9.17, 15) is 0 Å². The summed E-state index contributed by atoms with van der Waals surface area (Å²) in [4.78, 5) is 4.42. The molecule has 82 valence electrons. The zero-order valence-corrected chi connectivity index (χ0v) is 10.0. The van der Waals surface area contributed by atoms with E-state index in [0.29, 0.717) is 4.75 Å². The molecule has 0 amide bonds. The van der Waals surface area contributed by atoms with Crippen LogP contribution in [0.2, 0.25) is 0 Å². The lowest BCUT2D eigenvalue weighted by atomic mass is 10.4. The topological polar surface area (TPSA) is 37.0 Å². The summed E-state index contributed by atoms with van der Waals surface area (Å²) in [5.74, 6) is 1.87. The van der Waals surface area contributed by atoms with Crippen molar-refractivity contribution in [3.8, 4) is 0 Å². The highest BCUT2D eigenvalue weighted by Gasteiger charge is 2.41. The molecule has 0 radical (unpaired) electrons. The molecule has 1 aromatic rings. The molecule has 1 saturated carbocycles. The number of thioether (sulfide) groups is 1. The molecule has 0 aromatic carbocycles. The number of nitrogens with zero attached hydrogens (tertiary/aromatic N) is 1. The van der Waals surface area contributed by atoms with Crippen LogP contribution in [0.1, 0.15) is 12.8 Å². The van der Waals surface area contributed by atoms with Crippen LogP contribution in [0.3, 0.4) is 0 Å². The molecule has 3 nitrogen and oxygen atoms in total. The van der Waals surface area contributed by atoms with Gasteiger partial charge < -0.3 is 10.6 Å². The molecule has 15 heavy (non-hydrogen) atoms. The predicted octanol–water partition coefficient (Wildman–Crippen LogP) is 2.43. The quantitative estimate of drug-likeness (QED) is 0.804. The van der Waals surface area contributed by atoms with E-state index in [1.165, 1.54) is 12.8 Å². The Morgan fingerprint density at radius 1 is 1.40 bits per heavy atom. The molecule has 1 heterocycles. The van der Waals surface area contributed by atoms with E-state index in [2.05, 4.69) is 21.9 Å². The van der Waals surface area contributed by atoms with E-state index >= 15 is 0 Å². The van der Waals surface area contributed by atoms with E-state index in [-0.39, 0.29) is 0 Å². The van der Waals surface area contributed by atoms with E-state index in [0.717, 1.165) is 18.2 Å². The van der Waals surface area contributed by atoms with Crippen LogP contribution in [0.5, 0.6) is 0 Å². The lowest BCUT2D eigenvalue weighted by Crippen LogP contribution is -2.18. The van der Waals surface area contributed by atoms with Gasteiger partial charge in [-0.25, -0.2) is 4.98 Å². The number of aromatic nitrogens is 1. The summed E-state index contributed by atoms with van der Waals surface area (Å²) in [6, 6.07) is 5.99. The van der Waals surface area contributed by atoms with Crippen molar-refractivity contribution in [2.45, 2.75) is 17.6 Å². The van der Waals surface area contributed by atoms with Crippen molar-refractivity contribution in [3.63, 3.8) is 0 Å². The zero-order chi connectivity index (χ0) is 10.7. The molecule has 0 spiro atoms. The van der Waals surface area contributed by atoms with Crippen molar-refractivity contribution in [2.75, 3.05) is 30.5 Å². The number of hydrogen-bond donors (Lipinski definition) is 2. The third-order valence-electron chi connectivity index (χ3n) is 2.84. The normalized spacial score (nSPS) is 17.2. The van der Waals surface area contributed by atoms with Crippen molar-refractivity contribution < 1.29 is 0 Å². The number of pyridine rings is 1. The fourth-order valence-corrected chi connectivity index (χ4v) is 2.24. The predicted molar refractivity (Wildman–Crippen MR) is 67.8 cm³/mol. The van der Waals surface area contributed by atoms with Gasteiger partial charge in [0.2, 0.25) is 0 Å². The second-order valence-electron chi connectivity index (χ2n) is 3.90. The monoisotopic (exact) mass is 223 g/mol. The molecule has 0 atom stereocenters. The summed E-state index contributed by atoms with van der Waals surface area (Å²) in [7, 11) is 1.89. The minimum Gasteiger partial charge on any atom is -0.373 e. The van der Waals surface area contributed by atoms with Crippen LogP contribution in [0, 0.1) is 0 Å². The molecular weight excluding hydrogens is 206 g/mol. The van der Waals surface area contributed by atoms with Crippen LogP contribution < -0.4 is 10.6 Å². The molecule has 0 bridgehead atoms. The standard InChI is InChI=1S/C11H17N3S/c1-12-9-4-3-5-10(14-9)13-8-11(15-2)6-7-11/h3-5H,6-8H2,1-2H3,(H2,12,13,14). The summed E-state index contributed by atoms with van der Waals surface area (Å²) in [5.41, 5.74) is 0. The van der Waals surface area contributed by atoms with Gasteiger partial charge in [-0.1, -0.05) is 6.07 Å². The zero-order valence-electron chi connectivity index (χ0n) is 9.21. The van der Waals surface area contributed by atoms with Crippen molar-refractivity contribution in [2.24, 2.45) is 0 Å². The maximum atomic E-state index is 4.42. The minimum atomic E-state index is 0.483. The first kappa shape index (κ1) is 10.6. The molecule has 1 aliphatic rings. The number of hydrogen-bond acceptors (Lipinski definition) is 4. The van der Waals surface area contributed by atoms with E-state index in [1.807, 2.05) is 37.0 Å². The van der Waals surface area contributed by atoms with Crippen LogP contribution in [0.4, 0.5) is 11.6 Å². The van der Waals surface area contributed by atoms with Gasteiger partial charge in [-0.15, -0.1) is 0 Å². The van der Waals surface area contributed by atoms with Gasteiger partial charge in [0.15, 0.2) is 0 Å². The van der Waals surface area contributed by atoms with Gasteiger partial charge in [0, 0.05) is 18.3 Å². The first-order valence-electron chi connectivity index (χ1n) is 5.22. The summed E-state index contributed by atoms with van der Waals surface area (Å²) in [6.07, 6.45) is 4.84. The Kier molecular flexibility index (Phi) is 3.05. The van der Waals surface area contributed by atoms with Gasteiger partial charge in [-0.3, -0.25) is 0 Å². The summed E-state index contributed by atoms with van der Waals surface area (Å²) in [6.45, 7) is 1.02. The SMILES string of the molecule is CNc1cccc(NCC2(SC)CC2)n1. The van der Waals surface area contributed by atoms with Gasteiger partial charge in [0.05, 0.1) is 0 Å². The highest BCUT2D eigenvalue weighted by atomic mass is 32.2. The lowest BCUT2D eigenvalue weighted by molar-refractivity contribution is 0.941. The number of nitrogens with one attached hydrogen (secondary N) is 2. The van der Waals surface area contributed by atoms with Gasteiger partial charge in [-0.05, 0) is 31.2 Å². The summed E-state index contributed by atoms with van der Waals surface area (Å²) >= 11 is 1.96.